The van der Waals surface area contributed by atoms with Crippen LogP contribution >= 0.6 is 11.8 Å². The van der Waals surface area contributed by atoms with Crippen LogP contribution < -0.4 is 4.90 Å². The fourth-order valence-corrected chi connectivity index (χ4v) is 4.62. The zero-order valence-corrected chi connectivity index (χ0v) is 17.0. The summed E-state index contributed by atoms with van der Waals surface area (Å²) in [5.41, 5.74) is -0.572. The average Bonchev–Trinajstić information content (AvgIpc) is 2.61. The van der Waals surface area contributed by atoms with Crippen LogP contribution in [-0.4, -0.2) is 79.2 Å². The molecule has 0 unspecified atom stereocenters. The lowest BCUT2D eigenvalue weighted by Crippen LogP contribution is -2.46. The molecule has 0 aliphatic carbocycles. The van der Waals surface area contributed by atoms with Crippen LogP contribution in [0.5, 0.6) is 0 Å². The molecule has 0 aromatic carbocycles. The molecule has 1 atom stereocenters. The summed E-state index contributed by atoms with van der Waals surface area (Å²) < 4.78 is 30.4. The first kappa shape index (κ1) is 19.8. The lowest BCUT2D eigenvalue weighted by Gasteiger charge is -2.38. The van der Waals surface area contributed by atoms with Gasteiger partial charge in [-0.15, -0.1) is 0 Å². The van der Waals surface area contributed by atoms with Gasteiger partial charge in [-0.3, -0.25) is 0 Å². The zero-order valence-electron chi connectivity index (χ0n) is 15.4. The number of rotatable bonds is 4. The highest BCUT2D eigenvalue weighted by atomic mass is 32.2. The second-order valence-electron chi connectivity index (χ2n) is 6.91. The Kier molecular flexibility index (Phi) is 5.78. The fraction of sp³-hybridized carbons (Fsp3) is 0.750. The van der Waals surface area contributed by atoms with Crippen molar-refractivity contribution in [1.29, 1.82) is 0 Å². The van der Waals surface area contributed by atoms with Gasteiger partial charge in [-0.05, 0) is 26.0 Å². The molecule has 10 heteroatoms. The van der Waals surface area contributed by atoms with Crippen molar-refractivity contribution in [1.82, 2.24) is 14.3 Å². The highest BCUT2D eigenvalue weighted by Gasteiger charge is 2.38. The molecule has 1 N–H and O–H groups in total. The largest absolute Gasteiger partial charge is 0.383 e. The highest BCUT2D eigenvalue weighted by molar-refractivity contribution is 7.98. The molecular formula is C16H26N4O4S2. The molecule has 3 heterocycles. The number of ether oxygens (including phenoxy) is 1. The number of morpholine rings is 1. The van der Waals surface area contributed by atoms with Crippen molar-refractivity contribution in [3.05, 3.63) is 11.8 Å². The smallest absolute Gasteiger partial charge is 0.211 e. The average molecular weight is 403 g/mol. The van der Waals surface area contributed by atoms with Crippen molar-refractivity contribution in [3.63, 3.8) is 0 Å². The molecule has 3 rings (SSSR count). The number of aliphatic hydroxyl groups is 1. The van der Waals surface area contributed by atoms with E-state index in [1.807, 2.05) is 12.3 Å². The van der Waals surface area contributed by atoms with Gasteiger partial charge in [0.25, 0.3) is 0 Å². The van der Waals surface area contributed by atoms with E-state index in [1.165, 1.54) is 22.3 Å². The van der Waals surface area contributed by atoms with Gasteiger partial charge in [-0.25, -0.2) is 22.7 Å². The van der Waals surface area contributed by atoms with Gasteiger partial charge in [0, 0.05) is 25.7 Å². The van der Waals surface area contributed by atoms with E-state index in [0.717, 1.165) is 12.4 Å². The predicted octanol–water partition coefficient (Wildman–Crippen LogP) is 0.667. The van der Waals surface area contributed by atoms with Crippen molar-refractivity contribution >= 4 is 27.6 Å². The standard InChI is InChI=1S/C16H26N4O4S2/c1-12-11-24-9-8-20(12)14-10-13(17-15(18-14)25-2)16(21)4-6-19(7-5-16)26(3,22)23/h10,12,21H,4-9,11H2,1-3H3/t12-/m1/s1. The van der Waals surface area contributed by atoms with Gasteiger partial charge in [0.15, 0.2) is 5.16 Å². The van der Waals surface area contributed by atoms with Gasteiger partial charge in [0.1, 0.15) is 11.4 Å². The maximum Gasteiger partial charge on any atom is 0.211 e. The van der Waals surface area contributed by atoms with Crippen molar-refractivity contribution in [2.75, 3.05) is 50.3 Å². The Hall–Kier alpha value is -0.940. The van der Waals surface area contributed by atoms with Crippen molar-refractivity contribution < 1.29 is 18.3 Å². The highest BCUT2D eigenvalue weighted by Crippen LogP contribution is 2.35. The molecule has 1 aromatic rings. The molecule has 2 fully saturated rings. The van der Waals surface area contributed by atoms with Gasteiger partial charge in [-0.2, -0.15) is 0 Å². The SMILES string of the molecule is CSc1nc(N2CCOC[C@H]2C)cc(C2(O)CCN(S(C)(=O)=O)CC2)n1. The number of anilines is 1. The van der Waals surface area contributed by atoms with Crippen molar-refractivity contribution in [3.8, 4) is 0 Å². The van der Waals surface area contributed by atoms with Crippen molar-refractivity contribution in [2.24, 2.45) is 0 Å². The first-order chi connectivity index (χ1) is 12.2. The first-order valence-electron chi connectivity index (χ1n) is 8.68. The van der Waals surface area contributed by atoms with Gasteiger partial charge in [0.05, 0.1) is 31.2 Å². The van der Waals surface area contributed by atoms with Crippen LogP contribution in [0.3, 0.4) is 0 Å². The lowest BCUT2D eigenvalue weighted by atomic mass is 9.89. The number of aromatic nitrogens is 2. The summed E-state index contributed by atoms with van der Waals surface area (Å²) in [4.78, 5) is 11.3. The van der Waals surface area contributed by atoms with Crippen molar-refractivity contribution in [2.45, 2.75) is 36.6 Å². The van der Waals surface area contributed by atoms with E-state index >= 15 is 0 Å². The van der Waals surface area contributed by atoms with Crippen LogP contribution in [0, 0.1) is 0 Å². The van der Waals surface area contributed by atoms with E-state index in [4.69, 9.17) is 4.74 Å². The van der Waals surface area contributed by atoms with Crippen LogP contribution in [-0.2, 0) is 20.4 Å². The van der Waals surface area contributed by atoms with Crippen LogP contribution in [0.2, 0.25) is 0 Å². The van der Waals surface area contributed by atoms with E-state index in [-0.39, 0.29) is 19.1 Å². The Labute approximate surface area is 159 Å². The molecule has 8 nitrogen and oxygen atoms in total. The number of hydrogen-bond donors (Lipinski definition) is 1. The van der Waals surface area contributed by atoms with E-state index in [1.54, 1.807) is 0 Å². The van der Waals surface area contributed by atoms with Crippen LogP contribution in [0.4, 0.5) is 5.82 Å². The second-order valence-corrected chi connectivity index (χ2v) is 9.66. The molecular weight excluding hydrogens is 376 g/mol. The van der Waals surface area contributed by atoms with Gasteiger partial charge in [-0.1, -0.05) is 11.8 Å². The van der Waals surface area contributed by atoms with Gasteiger partial charge >= 0.3 is 0 Å². The monoisotopic (exact) mass is 402 g/mol. The summed E-state index contributed by atoms with van der Waals surface area (Å²) in [6, 6.07) is 2.04. The maximum atomic E-state index is 11.7. The summed E-state index contributed by atoms with van der Waals surface area (Å²) in [6.07, 6.45) is 3.75. The Bertz CT molecular complexity index is 751. The maximum absolute atomic E-state index is 11.7. The second kappa shape index (κ2) is 7.59. The normalized spacial score (nSPS) is 24.6. The van der Waals surface area contributed by atoms with Crippen LogP contribution in [0.15, 0.2) is 11.2 Å². The molecule has 0 spiro atoms. The number of sulfonamides is 1. The predicted molar refractivity (Wildman–Crippen MR) is 101 cm³/mol. The summed E-state index contributed by atoms with van der Waals surface area (Å²) in [5.74, 6) is 0.786. The first-order valence-corrected chi connectivity index (χ1v) is 11.8. The molecule has 2 aliphatic rings. The number of nitrogens with zero attached hydrogens (tertiary/aromatic N) is 4. The quantitative estimate of drug-likeness (QED) is 0.580. The van der Waals surface area contributed by atoms with Gasteiger partial charge in [0.2, 0.25) is 10.0 Å². The summed E-state index contributed by atoms with van der Waals surface area (Å²) >= 11 is 1.43. The third-order valence-electron chi connectivity index (χ3n) is 5.03. The lowest BCUT2D eigenvalue weighted by molar-refractivity contribution is -0.0139. The topological polar surface area (TPSA) is 95.9 Å². The fourth-order valence-electron chi connectivity index (χ4n) is 3.40. The van der Waals surface area contributed by atoms with E-state index < -0.39 is 15.6 Å². The Morgan fingerprint density at radius 3 is 2.58 bits per heavy atom. The molecule has 2 aliphatic heterocycles. The minimum Gasteiger partial charge on any atom is -0.383 e. The minimum absolute atomic E-state index is 0.197. The number of thioether (sulfide) groups is 1. The van der Waals surface area contributed by atoms with E-state index in [0.29, 0.717) is 36.9 Å². The minimum atomic E-state index is -3.24. The molecule has 0 radical (unpaired) electrons. The third kappa shape index (κ3) is 4.14. The Morgan fingerprint density at radius 1 is 1.31 bits per heavy atom. The molecule has 0 amide bonds. The summed E-state index contributed by atoms with van der Waals surface area (Å²) in [5, 5.41) is 11.8. The number of hydrogen-bond acceptors (Lipinski definition) is 8. The number of piperidine rings is 1. The molecule has 26 heavy (non-hydrogen) atoms. The van der Waals surface area contributed by atoms with Crippen LogP contribution in [0.1, 0.15) is 25.5 Å². The molecule has 0 saturated carbocycles. The van der Waals surface area contributed by atoms with E-state index in [2.05, 4.69) is 21.8 Å². The molecule has 1 aromatic heterocycles. The third-order valence-corrected chi connectivity index (χ3v) is 6.88. The summed E-state index contributed by atoms with van der Waals surface area (Å²) in [7, 11) is -3.24. The van der Waals surface area contributed by atoms with Gasteiger partial charge < -0.3 is 14.7 Å². The molecule has 146 valence electrons. The summed E-state index contributed by atoms with van der Waals surface area (Å²) in [6.45, 7) is 4.69. The molecule has 2 saturated heterocycles. The molecule has 0 bridgehead atoms. The Morgan fingerprint density at radius 2 is 2.00 bits per heavy atom. The van der Waals surface area contributed by atoms with Crippen LogP contribution in [0.25, 0.3) is 0 Å². The van der Waals surface area contributed by atoms with E-state index in [9.17, 15) is 13.5 Å². The Balaban J connectivity index is 1.88. The zero-order chi connectivity index (χ0) is 18.9.